The first-order valence-corrected chi connectivity index (χ1v) is 6.43. The summed E-state index contributed by atoms with van der Waals surface area (Å²) in [7, 11) is 0. The Morgan fingerprint density at radius 3 is 2.55 bits per heavy atom. The fourth-order valence-electron chi connectivity index (χ4n) is 1.56. The van der Waals surface area contributed by atoms with Crippen molar-refractivity contribution in [3.8, 4) is 0 Å². The Balaban J connectivity index is 2.83. The highest BCUT2D eigenvalue weighted by Gasteiger charge is 2.18. The smallest absolute Gasteiger partial charge is 0.356 e. The Labute approximate surface area is 116 Å². The van der Waals surface area contributed by atoms with Crippen LogP contribution in [0, 0.1) is 5.92 Å². The van der Waals surface area contributed by atoms with Gasteiger partial charge in [0.25, 0.3) is 5.56 Å². The van der Waals surface area contributed by atoms with Crippen molar-refractivity contribution < 1.29 is 14.7 Å². The fourth-order valence-corrected chi connectivity index (χ4v) is 1.56. The number of nitrogens with zero attached hydrogens (tertiary/aromatic N) is 2. The third kappa shape index (κ3) is 4.18. The SMILES string of the molecule is CC(C)CCNC(=O)C(C)n1nc(C(=O)O)ccc1=O. The maximum atomic E-state index is 11.9. The van der Waals surface area contributed by atoms with Gasteiger partial charge in [0.05, 0.1) is 0 Å². The number of carbonyl (C=O) groups excluding carboxylic acids is 1. The first-order chi connectivity index (χ1) is 9.32. The lowest BCUT2D eigenvalue weighted by molar-refractivity contribution is -0.124. The lowest BCUT2D eigenvalue weighted by Gasteiger charge is -2.14. The molecule has 7 nitrogen and oxygen atoms in total. The molecule has 0 fully saturated rings. The van der Waals surface area contributed by atoms with E-state index in [0.717, 1.165) is 23.2 Å². The van der Waals surface area contributed by atoms with Crippen LogP contribution in [-0.2, 0) is 4.79 Å². The van der Waals surface area contributed by atoms with Crippen molar-refractivity contribution in [1.29, 1.82) is 0 Å². The minimum Gasteiger partial charge on any atom is -0.476 e. The molecule has 0 spiro atoms. The minimum absolute atomic E-state index is 0.272. The van der Waals surface area contributed by atoms with E-state index >= 15 is 0 Å². The predicted molar refractivity (Wildman–Crippen MR) is 72.6 cm³/mol. The van der Waals surface area contributed by atoms with Crippen LogP contribution in [0.3, 0.4) is 0 Å². The summed E-state index contributed by atoms with van der Waals surface area (Å²) in [6, 6.07) is 1.35. The van der Waals surface area contributed by atoms with Crippen LogP contribution in [0.4, 0.5) is 0 Å². The lowest BCUT2D eigenvalue weighted by Crippen LogP contribution is -2.38. The summed E-state index contributed by atoms with van der Waals surface area (Å²) in [5, 5.41) is 15.2. The van der Waals surface area contributed by atoms with Gasteiger partial charge >= 0.3 is 5.97 Å². The number of carboxylic acids is 1. The quantitative estimate of drug-likeness (QED) is 0.797. The number of carbonyl (C=O) groups is 2. The molecule has 2 N–H and O–H groups in total. The number of rotatable bonds is 6. The first-order valence-electron chi connectivity index (χ1n) is 6.43. The summed E-state index contributed by atoms with van der Waals surface area (Å²) in [5.74, 6) is -1.14. The number of carboxylic acid groups (broad SMARTS) is 1. The van der Waals surface area contributed by atoms with Gasteiger partial charge in [0, 0.05) is 12.6 Å². The third-order valence-electron chi connectivity index (χ3n) is 2.81. The molecule has 0 bridgehead atoms. The second-order valence-corrected chi connectivity index (χ2v) is 4.96. The molecule has 7 heteroatoms. The van der Waals surface area contributed by atoms with E-state index in [4.69, 9.17) is 5.11 Å². The van der Waals surface area contributed by atoms with E-state index in [1.165, 1.54) is 6.92 Å². The Hall–Kier alpha value is -2.18. The van der Waals surface area contributed by atoms with Gasteiger partial charge in [-0.2, -0.15) is 5.10 Å². The van der Waals surface area contributed by atoms with Crippen molar-refractivity contribution in [2.75, 3.05) is 6.54 Å². The Kier molecular flexibility index (Phi) is 5.42. The largest absolute Gasteiger partial charge is 0.476 e. The number of aromatic carboxylic acids is 1. The second-order valence-electron chi connectivity index (χ2n) is 4.96. The molecular weight excluding hydrogens is 262 g/mol. The van der Waals surface area contributed by atoms with Crippen molar-refractivity contribution in [2.45, 2.75) is 33.2 Å². The number of hydrogen-bond donors (Lipinski definition) is 2. The monoisotopic (exact) mass is 281 g/mol. The van der Waals surface area contributed by atoms with Gasteiger partial charge in [-0.05, 0) is 25.3 Å². The van der Waals surface area contributed by atoms with Gasteiger partial charge in [0.2, 0.25) is 5.91 Å². The zero-order valence-corrected chi connectivity index (χ0v) is 11.8. The molecule has 0 aliphatic carbocycles. The molecule has 0 aromatic carbocycles. The average molecular weight is 281 g/mol. The summed E-state index contributed by atoms with van der Waals surface area (Å²) in [6.45, 7) is 6.09. The predicted octanol–water partition coefficient (Wildman–Crippen LogP) is 0.665. The van der Waals surface area contributed by atoms with Crippen molar-refractivity contribution in [3.05, 3.63) is 28.2 Å². The normalized spacial score (nSPS) is 12.2. The average Bonchev–Trinajstić information content (AvgIpc) is 2.37. The minimum atomic E-state index is -1.24. The Morgan fingerprint density at radius 2 is 2.00 bits per heavy atom. The van der Waals surface area contributed by atoms with Gasteiger partial charge in [0.1, 0.15) is 6.04 Å². The molecule has 0 radical (unpaired) electrons. The van der Waals surface area contributed by atoms with E-state index in [9.17, 15) is 14.4 Å². The molecule has 1 rings (SSSR count). The van der Waals surface area contributed by atoms with Crippen LogP contribution in [0.25, 0.3) is 0 Å². The van der Waals surface area contributed by atoms with E-state index in [-0.39, 0.29) is 11.6 Å². The summed E-state index contributed by atoms with van der Waals surface area (Å²) in [5.41, 5.74) is -0.784. The maximum Gasteiger partial charge on any atom is 0.356 e. The summed E-state index contributed by atoms with van der Waals surface area (Å²) in [4.78, 5) is 34.4. The molecule has 1 atom stereocenters. The van der Waals surface area contributed by atoms with Gasteiger partial charge in [-0.25, -0.2) is 9.48 Å². The molecule has 20 heavy (non-hydrogen) atoms. The molecule has 0 saturated carbocycles. The second kappa shape index (κ2) is 6.83. The Morgan fingerprint density at radius 1 is 1.35 bits per heavy atom. The van der Waals surface area contributed by atoms with Crippen LogP contribution in [0.2, 0.25) is 0 Å². The summed E-state index contributed by atoms with van der Waals surface area (Å²) in [6.07, 6.45) is 0.829. The molecule has 0 aliphatic rings. The molecule has 1 aromatic heterocycles. The van der Waals surface area contributed by atoms with Crippen LogP contribution >= 0.6 is 0 Å². The van der Waals surface area contributed by atoms with E-state index in [1.54, 1.807) is 0 Å². The van der Waals surface area contributed by atoms with Crippen LogP contribution in [0.1, 0.15) is 43.7 Å². The van der Waals surface area contributed by atoms with Crippen molar-refractivity contribution in [2.24, 2.45) is 5.92 Å². The van der Waals surface area contributed by atoms with Crippen LogP contribution in [0.5, 0.6) is 0 Å². The zero-order valence-electron chi connectivity index (χ0n) is 11.8. The van der Waals surface area contributed by atoms with Gasteiger partial charge in [-0.3, -0.25) is 9.59 Å². The van der Waals surface area contributed by atoms with Crippen molar-refractivity contribution in [3.63, 3.8) is 0 Å². The van der Waals surface area contributed by atoms with E-state index in [1.807, 2.05) is 13.8 Å². The highest BCUT2D eigenvalue weighted by atomic mass is 16.4. The standard InChI is InChI=1S/C13H19N3O4/c1-8(2)6-7-14-12(18)9(3)16-11(17)5-4-10(15-16)13(19)20/h4-5,8-9H,6-7H2,1-3H3,(H,14,18)(H,19,20). The van der Waals surface area contributed by atoms with Crippen LogP contribution < -0.4 is 10.9 Å². The van der Waals surface area contributed by atoms with Crippen molar-refractivity contribution in [1.82, 2.24) is 15.1 Å². The first kappa shape index (κ1) is 15.9. The summed E-state index contributed by atoms with van der Waals surface area (Å²) < 4.78 is 0.883. The summed E-state index contributed by atoms with van der Waals surface area (Å²) >= 11 is 0. The highest BCUT2D eigenvalue weighted by Crippen LogP contribution is 2.03. The van der Waals surface area contributed by atoms with Crippen molar-refractivity contribution >= 4 is 11.9 Å². The molecule has 1 heterocycles. The molecular formula is C13H19N3O4. The van der Waals surface area contributed by atoms with Gasteiger partial charge in [-0.15, -0.1) is 0 Å². The van der Waals surface area contributed by atoms with Crippen LogP contribution in [-0.4, -0.2) is 33.3 Å². The number of aromatic nitrogens is 2. The molecule has 110 valence electrons. The van der Waals surface area contributed by atoms with Gasteiger partial charge in [0.15, 0.2) is 5.69 Å². The number of amides is 1. The van der Waals surface area contributed by atoms with E-state index in [2.05, 4.69) is 10.4 Å². The van der Waals surface area contributed by atoms with Crippen LogP contribution in [0.15, 0.2) is 16.9 Å². The number of nitrogens with one attached hydrogen (secondary N) is 1. The molecule has 1 amide bonds. The molecule has 1 aromatic rings. The topological polar surface area (TPSA) is 101 Å². The Bertz CT molecular complexity index is 551. The maximum absolute atomic E-state index is 11.9. The molecule has 1 unspecified atom stereocenters. The van der Waals surface area contributed by atoms with Gasteiger partial charge < -0.3 is 10.4 Å². The number of hydrogen-bond acceptors (Lipinski definition) is 4. The molecule has 0 aliphatic heterocycles. The third-order valence-corrected chi connectivity index (χ3v) is 2.81. The van der Waals surface area contributed by atoms with E-state index < -0.39 is 17.6 Å². The lowest BCUT2D eigenvalue weighted by atomic mass is 10.1. The van der Waals surface area contributed by atoms with E-state index in [0.29, 0.717) is 12.5 Å². The molecule has 0 saturated heterocycles. The fraction of sp³-hybridized carbons (Fsp3) is 0.538. The van der Waals surface area contributed by atoms with Gasteiger partial charge in [-0.1, -0.05) is 13.8 Å². The zero-order chi connectivity index (χ0) is 15.3. The highest BCUT2D eigenvalue weighted by molar-refractivity contribution is 5.85.